The molecule has 0 aromatic carbocycles. The molecule has 1 atom stereocenters. The fourth-order valence-corrected chi connectivity index (χ4v) is 1.22. The lowest BCUT2D eigenvalue weighted by Crippen LogP contribution is -2.44. The van der Waals surface area contributed by atoms with Gasteiger partial charge in [-0.25, -0.2) is 0 Å². The summed E-state index contributed by atoms with van der Waals surface area (Å²) in [6, 6.07) is -0.482. The molecule has 0 amide bonds. The van der Waals surface area contributed by atoms with Crippen molar-refractivity contribution in [1.82, 2.24) is 5.32 Å². The first-order valence-electron chi connectivity index (χ1n) is 5.39. The average molecular weight is 231 g/mol. The van der Waals surface area contributed by atoms with Crippen molar-refractivity contribution in [3.8, 4) is 0 Å². The molecule has 94 valence electrons. The molecule has 5 heteroatoms. The van der Waals surface area contributed by atoms with Crippen LogP contribution >= 0.6 is 0 Å². The lowest BCUT2D eigenvalue weighted by molar-refractivity contribution is -0.148. The maximum absolute atomic E-state index is 11.4. The smallest absolute Gasteiger partial charge is 0.323 e. The molecule has 0 aliphatic rings. The standard InChI is InChI=1S/C11H21NO4/c1-7(2)10(11(14)15-5)12-6-9(13)16-8(3)4/h7-8,10,12H,6H2,1-5H3. The SMILES string of the molecule is COC(=O)C(NCC(=O)OC(C)C)C(C)C. The quantitative estimate of drug-likeness (QED) is 0.682. The third-order valence-electron chi connectivity index (χ3n) is 1.96. The predicted molar refractivity (Wildman–Crippen MR) is 59.9 cm³/mol. The van der Waals surface area contributed by atoms with Crippen molar-refractivity contribution in [2.45, 2.75) is 39.8 Å². The summed E-state index contributed by atoms with van der Waals surface area (Å²) in [6.45, 7) is 7.32. The summed E-state index contributed by atoms with van der Waals surface area (Å²) < 4.78 is 9.57. The molecule has 0 aromatic rings. The van der Waals surface area contributed by atoms with Gasteiger partial charge in [-0.05, 0) is 19.8 Å². The van der Waals surface area contributed by atoms with Gasteiger partial charge in [0, 0.05) is 0 Å². The first-order chi connectivity index (χ1) is 7.38. The van der Waals surface area contributed by atoms with E-state index in [1.54, 1.807) is 13.8 Å². The average Bonchev–Trinajstić information content (AvgIpc) is 2.15. The minimum atomic E-state index is -0.482. The van der Waals surface area contributed by atoms with Gasteiger partial charge in [0.1, 0.15) is 6.04 Å². The van der Waals surface area contributed by atoms with Crippen LogP contribution in [0.2, 0.25) is 0 Å². The fraction of sp³-hybridized carbons (Fsp3) is 0.818. The molecular formula is C11H21NO4. The van der Waals surface area contributed by atoms with Crippen molar-refractivity contribution < 1.29 is 19.1 Å². The van der Waals surface area contributed by atoms with E-state index in [4.69, 9.17) is 4.74 Å². The zero-order valence-corrected chi connectivity index (χ0v) is 10.6. The predicted octanol–water partition coefficient (Wildman–Crippen LogP) is 0.725. The molecule has 0 saturated carbocycles. The number of carbonyl (C=O) groups excluding carboxylic acids is 2. The van der Waals surface area contributed by atoms with Gasteiger partial charge < -0.3 is 9.47 Å². The molecule has 5 nitrogen and oxygen atoms in total. The van der Waals surface area contributed by atoms with E-state index in [1.165, 1.54) is 7.11 Å². The van der Waals surface area contributed by atoms with Gasteiger partial charge in [-0.3, -0.25) is 14.9 Å². The van der Waals surface area contributed by atoms with Crippen LogP contribution in [-0.4, -0.2) is 37.7 Å². The number of hydrogen-bond donors (Lipinski definition) is 1. The number of carbonyl (C=O) groups is 2. The monoisotopic (exact) mass is 231 g/mol. The zero-order chi connectivity index (χ0) is 12.7. The van der Waals surface area contributed by atoms with Gasteiger partial charge in [-0.2, -0.15) is 0 Å². The summed E-state index contributed by atoms with van der Waals surface area (Å²) in [5.41, 5.74) is 0. The van der Waals surface area contributed by atoms with Gasteiger partial charge >= 0.3 is 11.9 Å². The van der Waals surface area contributed by atoms with Crippen molar-refractivity contribution in [3.05, 3.63) is 0 Å². The molecular weight excluding hydrogens is 210 g/mol. The third kappa shape index (κ3) is 5.70. The van der Waals surface area contributed by atoms with Gasteiger partial charge in [0.15, 0.2) is 0 Å². The highest BCUT2D eigenvalue weighted by Gasteiger charge is 2.23. The Labute approximate surface area is 96.5 Å². The first kappa shape index (κ1) is 14.9. The van der Waals surface area contributed by atoms with Crippen LogP contribution in [0.4, 0.5) is 0 Å². The Kier molecular flexibility index (Phi) is 6.72. The molecule has 0 aliphatic carbocycles. The summed E-state index contributed by atoms with van der Waals surface area (Å²) in [4.78, 5) is 22.6. The molecule has 0 spiro atoms. The van der Waals surface area contributed by atoms with E-state index in [9.17, 15) is 9.59 Å². The molecule has 0 aliphatic heterocycles. The van der Waals surface area contributed by atoms with Crippen LogP contribution in [0, 0.1) is 5.92 Å². The molecule has 0 fully saturated rings. The Morgan fingerprint density at radius 2 is 1.75 bits per heavy atom. The van der Waals surface area contributed by atoms with Crippen LogP contribution in [0.3, 0.4) is 0 Å². The third-order valence-corrected chi connectivity index (χ3v) is 1.96. The van der Waals surface area contributed by atoms with E-state index in [0.717, 1.165) is 0 Å². The maximum Gasteiger partial charge on any atom is 0.323 e. The largest absolute Gasteiger partial charge is 0.468 e. The number of ether oxygens (including phenoxy) is 2. The molecule has 0 aromatic heterocycles. The van der Waals surface area contributed by atoms with Crippen molar-refractivity contribution in [2.24, 2.45) is 5.92 Å². The normalized spacial score (nSPS) is 12.7. The van der Waals surface area contributed by atoms with E-state index < -0.39 is 6.04 Å². The van der Waals surface area contributed by atoms with Crippen LogP contribution in [0.5, 0.6) is 0 Å². The molecule has 1 N–H and O–H groups in total. The number of nitrogens with one attached hydrogen (secondary N) is 1. The van der Waals surface area contributed by atoms with Crippen molar-refractivity contribution in [3.63, 3.8) is 0 Å². The number of methoxy groups -OCH3 is 1. The van der Waals surface area contributed by atoms with Crippen LogP contribution < -0.4 is 5.32 Å². The molecule has 1 unspecified atom stereocenters. The lowest BCUT2D eigenvalue weighted by Gasteiger charge is -2.19. The molecule has 0 rings (SSSR count). The second kappa shape index (κ2) is 7.22. The van der Waals surface area contributed by atoms with Crippen molar-refractivity contribution in [2.75, 3.05) is 13.7 Å². The van der Waals surface area contributed by atoms with Crippen molar-refractivity contribution >= 4 is 11.9 Å². The van der Waals surface area contributed by atoms with Gasteiger partial charge in [0.05, 0.1) is 19.8 Å². The van der Waals surface area contributed by atoms with Crippen LogP contribution in [0.25, 0.3) is 0 Å². The van der Waals surface area contributed by atoms with E-state index in [1.807, 2.05) is 13.8 Å². The zero-order valence-electron chi connectivity index (χ0n) is 10.6. The maximum atomic E-state index is 11.4. The summed E-state index contributed by atoms with van der Waals surface area (Å²) in [5, 5.41) is 2.83. The molecule has 0 radical (unpaired) electrons. The van der Waals surface area contributed by atoms with Crippen LogP contribution in [0.1, 0.15) is 27.7 Å². The van der Waals surface area contributed by atoms with Crippen molar-refractivity contribution in [1.29, 1.82) is 0 Å². The van der Waals surface area contributed by atoms with Gasteiger partial charge in [0.25, 0.3) is 0 Å². The minimum Gasteiger partial charge on any atom is -0.468 e. The molecule has 16 heavy (non-hydrogen) atoms. The highest BCUT2D eigenvalue weighted by atomic mass is 16.5. The topological polar surface area (TPSA) is 64.6 Å². The van der Waals surface area contributed by atoms with Crippen LogP contribution in [-0.2, 0) is 19.1 Å². The summed E-state index contributed by atoms with van der Waals surface area (Å²) in [5.74, 6) is -0.684. The van der Waals surface area contributed by atoms with Gasteiger partial charge in [-0.1, -0.05) is 13.8 Å². The Balaban J connectivity index is 4.12. The Bertz CT molecular complexity index is 238. The second-order valence-corrected chi connectivity index (χ2v) is 4.16. The number of rotatable bonds is 6. The summed E-state index contributed by atoms with van der Waals surface area (Å²) >= 11 is 0. The van der Waals surface area contributed by atoms with E-state index in [0.29, 0.717) is 0 Å². The fourth-order valence-electron chi connectivity index (χ4n) is 1.22. The summed E-state index contributed by atoms with van der Waals surface area (Å²) in [7, 11) is 1.33. The van der Waals surface area contributed by atoms with E-state index in [-0.39, 0.29) is 30.5 Å². The second-order valence-electron chi connectivity index (χ2n) is 4.16. The lowest BCUT2D eigenvalue weighted by atomic mass is 10.1. The summed E-state index contributed by atoms with van der Waals surface area (Å²) in [6.07, 6.45) is -0.148. The molecule has 0 saturated heterocycles. The Hall–Kier alpha value is -1.10. The highest BCUT2D eigenvalue weighted by Crippen LogP contribution is 2.03. The van der Waals surface area contributed by atoms with E-state index >= 15 is 0 Å². The van der Waals surface area contributed by atoms with Gasteiger partial charge in [-0.15, -0.1) is 0 Å². The molecule has 0 heterocycles. The highest BCUT2D eigenvalue weighted by molar-refractivity contribution is 5.78. The number of esters is 2. The first-order valence-corrected chi connectivity index (χ1v) is 5.39. The van der Waals surface area contributed by atoms with Gasteiger partial charge in [0.2, 0.25) is 0 Å². The minimum absolute atomic E-state index is 0.0100. The Morgan fingerprint density at radius 3 is 2.12 bits per heavy atom. The number of hydrogen-bond acceptors (Lipinski definition) is 5. The van der Waals surface area contributed by atoms with Crippen LogP contribution in [0.15, 0.2) is 0 Å². The Morgan fingerprint density at radius 1 is 1.19 bits per heavy atom. The van der Waals surface area contributed by atoms with E-state index in [2.05, 4.69) is 10.1 Å². The molecule has 0 bridgehead atoms.